The number of ether oxygens (including phenoxy) is 1. The van der Waals surface area contributed by atoms with Crippen molar-refractivity contribution in [3.63, 3.8) is 0 Å². The molecule has 9 heteroatoms. The highest BCUT2D eigenvalue weighted by Crippen LogP contribution is 2.12. The molecular weight excluding hydrogens is 434 g/mol. The fraction of sp³-hybridized carbons (Fsp3) is 0.240. The molecule has 3 aromatic rings. The van der Waals surface area contributed by atoms with Gasteiger partial charge in [0.05, 0.1) is 36.1 Å². The van der Waals surface area contributed by atoms with E-state index >= 15 is 0 Å². The first-order chi connectivity index (χ1) is 16.6. The van der Waals surface area contributed by atoms with E-state index in [0.717, 1.165) is 24.1 Å². The Bertz CT molecular complexity index is 1200. The van der Waals surface area contributed by atoms with Gasteiger partial charge < -0.3 is 15.4 Å². The number of aromatic nitrogens is 2. The van der Waals surface area contributed by atoms with Crippen molar-refractivity contribution in [1.29, 1.82) is 0 Å². The van der Waals surface area contributed by atoms with Crippen molar-refractivity contribution in [2.24, 2.45) is 0 Å². The summed E-state index contributed by atoms with van der Waals surface area (Å²) in [6.07, 6.45) is 4.64. The van der Waals surface area contributed by atoms with Crippen molar-refractivity contribution in [2.75, 3.05) is 44.7 Å². The Morgan fingerprint density at radius 2 is 1.71 bits per heavy atom. The summed E-state index contributed by atoms with van der Waals surface area (Å²) in [5, 5.41) is 5.15. The third-order valence-corrected chi connectivity index (χ3v) is 5.32. The summed E-state index contributed by atoms with van der Waals surface area (Å²) >= 11 is 0. The molecule has 34 heavy (non-hydrogen) atoms. The minimum atomic E-state index is -0.754. The molecule has 1 saturated heterocycles. The maximum atomic E-state index is 12.5. The maximum absolute atomic E-state index is 12.5. The Labute approximate surface area is 196 Å². The molecule has 2 amide bonds. The molecule has 0 atom stereocenters. The number of allylic oxidation sites excluding steroid dienone is 1. The largest absolute Gasteiger partial charge is 0.379 e. The number of carbonyl (C=O) groups excluding carboxylic acids is 3. The summed E-state index contributed by atoms with van der Waals surface area (Å²) in [4.78, 5) is 47.6. The number of morpholine rings is 1. The van der Waals surface area contributed by atoms with Crippen LogP contribution in [0, 0.1) is 0 Å². The molecule has 1 fully saturated rings. The van der Waals surface area contributed by atoms with Gasteiger partial charge in [0.25, 0.3) is 0 Å². The number of anilines is 1. The highest BCUT2D eigenvalue weighted by molar-refractivity contribution is 6.39. The number of para-hydroxylation sites is 2. The van der Waals surface area contributed by atoms with E-state index in [-0.39, 0.29) is 5.78 Å². The van der Waals surface area contributed by atoms with Crippen LogP contribution in [0.15, 0.2) is 60.8 Å². The van der Waals surface area contributed by atoms with E-state index in [1.807, 2.05) is 24.3 Å². The zero-order chi connectivity index (χ0) is 23.8. The average molecular weight is 460 g/mol. The van der Waals surface area contributed by atoms with Crippen LogP contribution in [0.2, 0.25) is 0 Å². The SMILES string of the molecule is O=C(NCCN1CCOCC1)C(=O)Nc1ccc(C(=O)/C=C/c2cnc3ccccc3n2)cc1. The molecule has 2 N–H and O–H groups in total. The smallest absolute Gasteiger partial charge is 0.313 e. The zero-order valence-corrected chi connectivity index (χ0v) is 18.6. The first kappa shape index (κ1) is 23.2. The first-order valence-corrected chi connectivity index (χ1v) is 11.0. The van der Waals surface area contributed by atoms with Gasteiger partial charge >= 0.3 is 11.8 Å². The zero-order valence-electron chi connectivity index (χ0n) is 18.6. The Hall–Kier alpha value is -3.95. The Balaban J connectivity index is 1.26. The minimum Gasteiger partial charge on any atom is -0.379 e. The van der Waals surface area contributed by atoms with E-state index in [4.69, 9.17) is 4.74 Å². The summed E-state index contributed by atoms with van der Waals surface area (Å²) in [7, 11) is 0. The van der Waals surface area contributed by atoms with E-state index < -0.39 is 11.8 Å². The van der Waals surface area contributed by atoms with Crippen molar-refractivity contribution in [3.8, 4) is 0 Å². The van der Waals surface area contributed by atoms with Crippen LogP contribution < -0.4 is 10.6 Å². The summed E-state index contributed by atoms with van der Waals surface area (Å²) < 4.78 is 5.28. The van der Waals surface area contributed by atoms with Gasteiger partial charge in [0, 0.05) is 37.4 Å². The number of nitrogens with one attached hydrogen (secondary N) is 2. The van der Waals surface area contributed by atoms with Gasteiger partial charge in [0.15, 0.2) is 5.78 Å². The molecule has 174 valence electrons. The Morgan fingerprint density at radius 1 is 0.971 bits per heavy atom. The van der Waals surface area contributed by atoms with Gasteiger partial charge in [0.1, 0.15) is 0 Å². The lowest BCUT2D eigenvalue weighted by Crippen LogP contribution is -2.43. The van der Waals surface area contributed by atoms with E-state index in [9.17, 15) is 14.4 Å². The quantitative estimate of drug-likeness (QED) is 0.315. The number of carbonyl (C=O) groups is 3. The number of ketones is 1. The lowest BCUT2D eigenvalue weighted by atomic mass is 10.1. The summed E-state index contributed by atoms with van der Waals surface area (Å²) in [5.41, 5.74) is 2.99. The van der Waals surface area contributed by atoms with Crippen molar-refractivity contribution in [1.82, 2.24) is 20.2 Å². The molecule has 2 aromatic carbocycles. The Morgan fingerprint density at radius 3 is 2.47 bits per heavy atom. The van der Waals surface area contributed by atoms with Crippen molar-refractivity contribution < 1.29 is 19.1 Å². The van der Waals surface area contributed by atoms with Crippen molar-refractivity contribution in [2.45, 2.75) is 0 Å². The minimum absolute atomic E-state index is 0.214. The number of amides is 2. The van der Waals surface area contributed by atoms with Crippen LogP contribution in [0.5, 0.6) is 0 Å². The van der Waals surface area contributed by atoms with Crippen LogP contribution in [0.3, 0.4) is 0 Å². The Kier molecular flexibility index (Phi) is 7.69. The van der Waals surface area contributed by atoms with Gasteiger partial charge in [-0.25, -0.2) is 4.98 Å². The van der Waals surface area contributed by atoms with Crippen LogP contribution in [0.25, 0.3) is 17.1 Å². The molecule has 0 bridgehead atoms. The van der Waals surface area contributed by atoms with E-state index in [1.165, 1.54) is 6.08 Å². The second-order valence-electron chi connectivity index (χ2n) is 7.72. The number of hydrogen-bond donors (Lipinski definition) is 2. The molecule has 9 nitrogen and oxygen atoms in total. The number of benzene rings is 2. The van der Waals surface area contributed by atoms with Crippen molar-refractivity contribution in [3.05, 3.63) is 72.1 Å². The highest BCUT2D eigenvalue weighted by atomic mass is 16.5. The average Bonchev–Trinajstić information content (AvgIpc) is 2.88. The third kappa shape index (κ3) is 6.31. The molecule has 0 spiro atoms. The van der Waals surface area contributed by atoms with Gasteiger partial charge in [-0.3, -0.25) is 24.3 Å². The molecule has 1 aromatic heterocycles. The van der Waals surface area contributed by atoms with Crippen LogP contribution in [0.1, 0.15) is 16.1 Å². The number of nitrogens with zero attached hydrogens (tertiary/aromatic N) is 3. The first-order valence-electron chi connectivity index (χ1n) is 11.0. The lowest BCUT2D eigenvalue weighted by Gasteiger charge is -2.26. The second-order valence-corrected chi connectivity index (χ2v) is 7.72. The molecular formula is C25H25N5O4. The van der Waals surface area contributed by atoms with Crippen LogP contribution >= 0.6 is 0 Å². The molecule has 0 saturated carbocycles. The molecule has 0 radical (unpaired) electrons. The molecule has 4 rings (SSSR count). The summed E-state index contributed by atoms with van der Waals surface area (Å²) in [6.45, 7) is 4.04. The van der Waals surface area contributed by atoms with Crippen LogP contribution in [-0.2, 0) is 14.3 Å². The fourth-order valence-corrected chi connectivity index (χ4v) is 3.45. The van der Waals surface area contributed by atoms with E-state index in [0.29, 0.717) is 43.2 Å². The monoisotopic (exact) mass is 459 g/mol. The molecule has 1 aliphatic heterocycles. The fourth-order valence-electron chi connectivity index (χ4n) is 3.45. The summed E-state index contributed by atoms with van der Waals surface area (Å²) in [5.74, 6) is -1.67. The second kappa shape index (κ2) is 11.3. The molecule has 1 aliphatic rings. The predicted molar refractivity (Wildman–Crippen MR) is 128 cm³/mol. The predicted octanol–water partition coefficient (Wildman–Crippen LogP) is 1.91. The van der Waals surface area contributed by atoms with Crippen molar-refractivity contribution >= 4 is 40.4 Å². The molecule has 2 heterocycles. The normalized spacial score (nSPS) is 14.2. The summed E-state index contributed by atoms with van der Waals surface area (Å²) in [6, 6.07) is 13.8. The van der Waals surface area contributed by atoms with Gasteiger partial charge in [-0.1, -0.05) is 12.1 Å². The van der Waals surface area contributed by atoms with Crippen LogP contribution in [0.4, 0.5) is 5.69 Å². The van der Waals surface area contributed by atoms with Gasteiger partial charge in [-0.2, -0.15) is 0 Å². The number of hydrogen-bond acceptors (Lipinski definition) is 7. The number of rotatable bonds is 7. The topological polar surface area (TPSA) is 114 Å². The third-order valence-electron chi connectivity index (χ3n) is 5.32. The molecule has 0 unspecified atom stereocenters. The van der Waals surface area contributed by atoms with Gasteiger partial charge in [-0.05, 0) is 48.6 Å². The molecule has 0 aliphatic carbocycles. The van der Waals surface area contributed by atoms with Gasteiger partial charge in [-0.15, -0.1) is 0 Å². The standard InChI is InChI=1S/C25H25N5O4/c31-23(10-9-20-17-27-21-3-1-2-4-22(21)28-20)18-5-7-19(8-6-18)29-25(33)24(32)26-11-12-30-13-15-34-16-14-30/h1-10,17H,11-16H2,(H,26,32)(H,29,33)/b10-9+. The maximum Gasteiger partial charge on any atom is 0.313 e. The number of fused-ring (bicyclic) bond motifs is 1. The highest BCUT2D eigenvalue weighted by Gasteiger charge is 2.15. The lowest BCUT2D eigenvalue weighted by molar-refractivity contribution is -0.136. The van der Waals surface area contributed by atoms with E-state index in [2.05, 4.69) is 25.5 Å². The van der Waals surface area contributed by atoms with E-state index in [1.54, 1.807) is 36.5 Å². The van der Waals surface area contributed by atoms with Crippen LogP contribution in [-0.4, -0.2) is 71.9 Å². The van der Waals surface area contributed by atoms with Gasteiger partial charge in [0.2, 0.25) is 0 Å².